The number of nitrogens with two attached hydrogens (primary N) is 1. The van der Waals surface area contributed by atoms with Crippen LogP contribution in [0.4, 0.5) is 17.2 Å². The van der Waals surface area contributed by atoms with Crippen molar-refractivity contribution < 1.29 is 0 Å². The van der Waals surface area contributed by atoms with Gasteiger partial charge in [-0.15, -0.1) is 0 Å². The minimum absolute atomic E-state index is 0.468. The van der Waals surface area contributed by atoms with E-state index in [2.05, 4.69) is 20.4 Å². The number of nitrogens with zero attached hydrogens (tertiary/aromatic N) is 4. The summed E-state index contributed by atoms with van der Waals surface area (Å²) in [6.07, 6.45) is 1.49. The number of anilines is 3. The van der Waals surface area contributed by atoms with Gasteiger partial charge in [-0.05, 0) is 44.5 Å². The Morgan fingerprint density at radius 2 is 1.91 bits per heavy atom. The molecule has 6 nitrogen and oxygen atoms in total. The van der Waals surface area contributed by atoms with Gasteiger partial charge in [0.15, 0.2) is 11.6 Å². The van der Waals surface area contributed by atoms with Gasteiger partial charge in [0.05, 0.1) is 5.69 Å². The van der Waals surface area contributed by atoms with Crippen LogP contribution in [0, 0.1) is 20.8 Å². The van der Waals surface area contributed by atoms with Gasteiger partial charge in [-0.2, -0.15) is 5.10 Å². The van der Waals surface area contributed by atoms with Crippen molar-refractivity contribution in [1.82, 2.24) is 19.7 Å². The van der Waals surface area contributed by atoms with Gasteiger partial charge in [0.25, 0.3) is 0 Å². The van der Waals surface area contributed by atoms with Gasteiger partial charge < -0.3 is 11.1 Å². The molecule has 3 rings (SSSR count). The maximum atomic E-state index is 6.23. The maximum Gasteiger partial charge on any atom is 0.182 e. The van der Waals surface area contributed by atoms with E-state index < -0.39 is 0 Å². The molecule has 0 unspecified atom stereocenters. The van der Waals surface area contributed by atoms with Crippen LogP contribution in [-0.4, -0.2) is 19.7 Å². The van der Waals surface area contributed by atoms with Crippen molar-refractivity contribution in [2.75, 3.05) is 11.1 Å². The molecule has 1 aromatic carbocycles. The number of hydrogen-bond acceptors (Lipinski definition) is 5. The zero-order valence-electron chi connectivity index (χ0n) is 12.8. The fraction of sp³-hybridized carbons (Fsp3) is 0.188. The molecule has 0 amide bonds. The number of nitrogen functional groups attached to an aromatic ring is 1. The molecule has 0 aliphatic carbocycles. The van der Waals surface area contributed by atoms with E-state index in [-0.39, 0.29) is 0 Å². The van der Waals surface area contributed by atoms with Crippen molar-refractivity contribution in [2.45, 2.75) is 20.8 Å². The normalized spacial score (nSPS) is 10.7. The molecule has 0 bridgehead atoms. The van der Waals surface area contributed by atoms with Crippen molar-refractivity contribution in [3.05, 3.63) is 53.6 Å². The molecule has 0 saturated carbocycles. The molecular weight excluding hydrogens is 276 g/mol. The summed E-state index contributed by atoms with van der Waals surface area (Å²) >= 11 is 0. The predicted octanol–water partition coefficient (Wildman–Crippen LogP) is 2.91. The quantitative estimate of drug-likeness (QED) is 0.776. The van der Waals surface area contributed by atoms with Gasteiger partial charge in [-0.3, -0.25) is 0 Å². The molecule has 22 heavy (non-hydrogen) atoms. The Kier molecular flexibility index (Phi) is 3.50. The van der Waals surface area contributed by atoms with Crippen molar-refractivity contribution >= 4 is 17.2 Å². The Morgan fingerprint density at radius 3 is 2.59 bits per heavy atom. The lowest BCUT2D eigenvalue weighted by Gasteiger charge is -2.12. The van der Waals surface area contributed by atoms with E-state index in [1.165, 1.54) is 6.33 Å². The summed E-state index contributed by atoms with van der Waals surface area (Å²) in [7, 11) is 0. The van der Waals surface area contributed by atoms with Gasteiger partial charge >= 0.3 is 0 Å². The molecule has 2 aromatic heterocycles. The van der Waals surface area contributed by atoms with Gasteiger partial charge in [-0.1, -0.05) is 12.1 Å². The summed E-state index contributed by atoms with van der Waals surface area (Å²) in [6.45, 7) is 5.94. The number of hydrogen-bond donors (Lipinski definition) is 2. The van der Waals surface area contributed by atoms with Crippen LogP contribution in [0.3, 0.4) is 0 Å². The van der Waals surface area contributed by atoms with Gasteiger partial charge in [0.1, 0.15) is 12.0 Å². The number of benzene rings is 1. The monoisotopic (exact) mass is 294 g/mol. The van der Waals surface area contributed by atoms with Crippen molar-refractivity contribution in [3.63, 3.8) is 0 Å². The van der Waals surface area contributed by atoms with Crippen molar-refractivity contribution in [1.29, 1.82) is 0 Å². The average Bonchev–Trinajstić information content (AvgIpc) is 2.80. The molecule has 0 aliphatic heterocycles. The van der Waals surface area contributed by atoms with Crippen molar-refractivity contribution in [2.24, 2.45) is 0 Å². The van der Waals surface area contributed by atoms with E-state index in [1.807, 2.05) is 51.1 Å². The van der Waals surface area contributed by atoms with E-state index in [9.17, 15) is 0 Å². The summed E-state index contributed by atoms with van der Waals surface area (Å²) < 4.78 is 1.73. The Morgan fingerprint density at radius 1 is 1.09 bits per heavy atom. The van der Waals surface area contributed by atoms with E-state index >= 15 is 0 Å². The van der Waals surface area contributed by atoms with E-state index in [0.717, 1.165) is 22.6 Å². The lowest BCUT2D eigenvalue weighted by atomic mass is 10.2. The van der Waals surface area contributed by atoms with Crippen LogP contribution in [0.2, 0.25) is 0 Å². The topological polar surface area (TPSA) is 81.7 Å². The van der Waals surface area contributed by atoms with E-state index in [4.69, 9.17) is 5.73 Å². The summed E-state index contributed by atoms with van der Waals surface area (Å²) in [4.78, 5) is 8.50. The molecule has 0 aliphatic rings. The molecule has 0 radical (unpaired) electrons. The van der Waals surface area contributed by atoms with Crippen LogP contribution in [0.1, 0.15) is 17.0 Å². The molecule has 0 spiro atoms. The first-order chi connectivity index (χ1) is 10.5. The van der Waals surface area contributed by atoms with Gasteiger partial charge in [0.2, 0.25) is 0 Å². The molecule has 3 aromatic rings. The Hall–Kier alpha value is -2.89. The minimum Gasteiger partial charge on any atom is -0.393 e. The molecule has 2 heterocycles. The third-order valence-corrected chi connectivity index (χ3v) is 3.35. The van der Waals surface area contributed by atoms with E-state index in [0.29, 0.717) is 17.3 Å². The second kappa shape index (κ2) is 5.48. The molecule has 6 heteroatoms. The average molecular weight is 294 g/mol. The highest BCUT2D eigenvalue weighted by Crippen LogP contribution is 2.25. The summed E-state index contributed by atoms with van der Waals surface area (Å²) in [5, 5.41) is 7.65. The predicted molar refractivity (Wildman–Crippen MR) is 87.5 cm³/mol. The molecule has 3 N–H and O–H groups in total. The molecule has 0 saturated heterocycles. The van der Waals surface area contributed by atoms with E-state index in [1.54, 1.807) is 4.68 Å². The molecular formula is C16H18N6. The molecule has 112 valence electrons. The van der Waals surface area contributed by atoms with Crippen LogP contribution in [0.15, 0.2) is 36.7 Å². The number of aryl methyl sites for hydroxylation is 3. The third kappa shape index (κ3) is 2.63. The zero-order chi connectivity index (χ0) is 15.7. The first-order valence-electron chi connectivity index (χ1n) is 7.02. The third-order valence-electron chi connectivity index (χ3n) is 3.35. The Bertz CT molecular complexity index is 821. The highest BCUT2D eigenvalue weighted by atomic mass is 15.3. The standard InChI is InChI=1S/C16H18N6/c1-10-5-4-6-13(7-10)20-15-14(17)16(19-9-18-15)22-12(3)8-11(2)21-22/h4-9H,17H2,1-3H3,(H,18,19,20). The summed E-state index contributed by atoms with van der Waals surface area (Å²) in [5.74, 6) is 1.15. The lowest BCUT2D eigenvalue weighted by Crippen LogP contribution is -2.09. The first kappa shape index (κ1) is 14.1. The largest absolute Gasteiger partial charge is 0.393 e. The van der Waals surface area contributed by atoms with Crippen LogP contribution in [0.25, 0.3) is 5.82 Å². The van der Waals surface area contributed by atoms with Gasteiger partial charge in [0, 0.05) is 11.4 Å². The minimum atomic E-state index is 0.468. The number of aromatic nitrogens is 4. The fourth-order valence-corrected chi connectivity index (χ4v) is 2.36. The summed E-state index contributed by atoms with van der Waals surface area (Å²) in [5.41, 5.74) is 10.7. The van der Waals surface area contributed by atoms with Crippen LogP contribution in [-0.2, 0) is 0 Å². The lowest BCUT2D eigenvalue weighted by molar-refractivity contribution is 0.804. The second-order valence-electron chi connectivity index (χ2n) is 5.29. The number of rotatable bonds is 3. The zero-order valence-corrected chi connectivity index (χ0v) is 12.8. The molecule has 0 fully saturated rings. The Balaban J connectivity index is 2.01. The first-order valence-corrected chi connectivity index (χ1v) is 7.02. The summed E-state index contributed by atoms with van der Waals surface area (Å²) in [6, 6.07) is 10.0. The Labute approximate surface area is 129 Å². The molecule has 0 atom stereocenters. The van der Waals surface area contributed by atoms with Crippen LogP contribution >= 0.6 is 0 Å². The highest BCUT2D eigenvalue weighted by Gasteiger charge is 2.13. The van der Waals surface area contributed by atoms with Gasteiger partial charge in [-0.25, -0.2) is 14.6 Å². The van der Waals surface area contributed by atoms with Crippen LogP contribution < -0.4 is 11.1 Å². The van der Waals surface area contributed by atoms with Crippen LogP contribution in [0.5, 0.6) is 0 Å². The maximum absolute atomic E-state index is 6.23. The SMILES string of the molecule is Cc1cccc(Nc2ncnc(-n3nc(C)cc3C)c2N)c1. The number of nitrogens with one attached hydrogen (secondary N) is 1. The second-order valence-corrected chi connectivity index (χ2v) is 5.29. The fourth-order valence-electron chi connectivity index (χ4n) is 2.36. The van der Waals surface area contributed by atoms with Crippen molar-refractivity contribution in [3.8, 4) is 5.82 Å². The highest BCUT2D eigenvalue weighted by molar-refractivity contribution is 5.74. The smallest absolute Gasteiger partial charge is 0.182 e.